The van der Waals surface area contributed by atoms with Gasteiger partial charge in [0.05, 0.1) is 10.5 Å². The van der Waals surface area contributed by atoms with Gasteiger partial charge in [-0.2, -0.15) is 17.9 Å². The molecule has 0 aliphatic heterocycles. The first-order chi connectivity index (χ1) is 9.95. The van der Waals surface area contributed by atoms with E-state index in [2.05, 4.69) is 0 Å². The van der Waals surface area contributed by atoms with Crippen LogP contribution in [0.3, 0.4) is 0 Å². The molecule has 0 aliphatic rings. The van der Waals surface area contributed by atoms with E-state index in [4.69, 9.17) is 5.11 Å². The average Bonchev–Trinajstić information content (AvgIpc) is 2.36. The van der Waals surface area contributed by atoms with Crippen LogP contribution in [0.15, 0.2) is 29.2 Å². The highest BCUT2D eigenvalue weighted by Gasteiger charge is 2.38. The number of benzene rings is 1. The maximum atomic E-state index is 12.9. The van der Waals surface area contributed by atoms with Gasteiger partial charge in [-0.1, -0.05) is 26.0 Å². The number of sulfonamides is 1. The molecule has 0 amide bonds. The number of rotatable bonds is 6. The van der Waals surface area contributed by atoms with Crippen LogP contribution in [-0.4, -0.2) is 25.5 Å². The number of nitrogens with one attached hydrogen (secondary N) is 1. The fraction of sp³-hybridized carbons (Fsp3) is 0.462. The Morgan fingerprint density at radius 1 is 1.27 bits per heavy atom. The lowest BCUT2D eigenvalue weighted by molar-refractivity contribution is -0.140. The van der Waals surface area contributed by atoms with E-state index in [-0.39, 0.29) is 12.3 Å². The Labute approximate surface area is 126 Å². The molecule has 1 aromatic rings. The second-order valence-corrected chi connectivity index (χ2v) is 6.82. The van der Waals surface area contributed by atoms with E-state index < -0.39 is 38.7 Å². The largest absolute Gasteiger partial charge is 0.480 e. The fourth-order valence-corrected chi connectivity index (χ4v) is 3.29. The molecule has 22 heavy (non-hydrogen) atoms. The molecule has 0 aromatic heterocycles. The quantitative estimate of drug-likeness (QED) is 0.834. The van der Waals surface area contributed by atoms with Gasteiger partial charge in [-0.3, -0.25) is 4.79 Å². The molecule has 1 rings (SSSR count). The van der Waals surface area contributed by atoms with Gasteiger partial charge in [0.15, 0.2) is 0 Å². The predicted molar refractivity (Wildman–Crippen MR) is 72.6 cm³/mol. The summed E-state index contributed by atoms with van der Waals surface area (Å²) in [5.74, 6) is -1.59. The van der Waals surface area contributed by atoms with Crippen LogP contribution in [-0.2, 0) is 21.0 Å². The summed E-state index contributed by atoms with van der Waals surface area (Å²) in [5, 5.41) is 9.01. The molecule has 0 radical (unpaired) electrons. The summed E-state index contributed by atoms with van der Waals surface area (Å²) in [6, 6.07) is 2.13. The zero-order valence-corrected chi connectivity index (χ0v) is 12.7. The summed E-state index contributed by atoms with van der Waals surface area (Å²) >= 11 is 0. The highest BCUT2D eigenvalue weighted by Crippen LogP contribution is 2.34. The Bertz CT molecular complexity index is 641. The van der Waals surface area contributed by atoms with Crippen molar-refractivity contribution in [2.75, 3.05) is 0 Å². The first-order valence-corrected chi connectivity index (χ1v) is 7.85. The first kappa shape index (κ1) is 18.4. The van der Waals surface area contributed by atoms with Crippen LogP contribution in [0, 0.1) is 5.92 Å². The molecule has 5 nitrogen and oxygen atoms in total. The molecule has 0 heterocycles. The van der Waals surface area contributed by atoms with Crippen LogP contribution in [0.4, 0.5) is 13.2 Å². The van der Waals surface area contributed by atoms with Crippen LogP contribution in [0.2, 0.25) is 0 Å². The zero-order chi connectivity index (χ0) is 17.1. The van der Waals surface area contributed by atoms with Crippen molar-refractivity contribution in [1.82, 2.24) is 4.72 Å². The Morgan fingerprint density at radius 2 is 1.82 bits per heavy atom. The normalized spacial score (nSPS) is 14.1. The van der Waals surface area contributed by atoms with Crippen LogP contribution >= 0.6 is 0 Å². The predicted octanol–water partition coefficient (Wildman–Crippen LogP) is 2.48. The van der Waals surface area contributed by atoms with Gasteiger partial charge < -0.3 is 5.11 Å². The molecule has 0 saturated carbocycles. The van der Waals surface area contributed by atoms with Gasteiger partial charge in [-0.25, -0.2) is 8.42 Å². The number of carbonyl (C=O) groups is 1. The third-order valence-electron chi connectivity index (χ3n) is 2.78. The van der Waals surface area contributed by atoms with E-state index in [1.54, 1.807) is 13.8 Å². The van der Waals surface area contributed by atoms with Crippen molar-refractivity contribution >= 4 is 16.0 Å². The summed E-state index contributed by atoms with van der Waals surface area (Å²) in [6.07, 6.45) is -4.90. The van der Waals surface area contributed by atoms with Gasteiger partial charge >= 0.3 is 12.1 Å². The summed E-state index contributed by atoms with van der Waals surface area (Å²) in [6.45, 7) is 3.35. The zero-order valence-electron chi connectivity index (χ0n) is 11.9. The lowest BCUT2D eigenvalue weighted by atomic mass is 10.1. The van der Waals surface area contributed by atoms with Crippen molar-refractivity contribution in [1.29, 1.82) is 0 Å². The molecular formula is C13H16F3NO4S. The molecule has 2 N–H and O–H groups in total. The number of halogens is 3. The van der Waals surface area contributed by atoms with Gasteiger partial charge in [0.2, 0.25) is 10.0 Å². The monoisotopic (exact) mass is 339 g/mol. The van der Waals surface area contributed by atoms with Crippen molar-refractivity contribution < 1.29 is 31.5 Å². The standard InChI is InChI=1S/C13H16F3NO4S/c1-8(2)7-10(12(18)19)17-22(20,21)11-6-4-3-5-9(11)13(14,15)16/h3-6,8,10,17H,7H2,1-2H3,(H,18,19)/t10-/m0/s1. The second kappa shape index (κ2) is 6.66. The van der Waals surface area contributed by atoms with Crippen molar-refractivity contribution in [3.05, 3.63) is 29.8 Å². The molecule has 0 unspecified atom stereocenters. The van der Waals surface area contributed by atoms with Crippen LogP contribution in [0.25, 0.3) is 0 Å². The van der Waals surface area contributed by atoms with Crippen LogP contribution in [0.1, 0.15) is 25.8 Å². The van der Waals surface area contributed by atoms with E-state index in [9.17, 15) is 26.4 Å². The van der Waals surface area contributed by atoms with E-state index in [0.717, 1.165) is 18.2 Å². The van der Waals surface area contributed by atoms with Gasteiger partial charge in [0, 0.05) is 0 Å². The molecule has 1 aromatic carbocycles. The SMILES string of the molecule is CC(C)C[C@H](NS(=O)(=O)c1ccccc1C(F)(F)F)C(=O)O. The van der Waals surface area contributed by atoms with Gasteiger partial charge in [-0.05, 0) is 24.5 Å². The van der Waals surface area contributed by atoms with Crippen molar-refractivity contribution in [2.24, 2.45) is 5.92 Å². The Morgan fingerprint density at radius 3 is 2.27 bits per heavy atom. The van der Waals surface area contributed by atoms with Crippen molar-refractivity contribution in [3.8, 4) is 0 Å². The average molecular weight is 339 g/mol. The van der Waals surface area contributed by atoms with E-state index in [1.807, 2.05) is 4.72 Å². The smallest absolute Gasteiger partial charge is 0.417 e. The maximum Gasteiger partial charge on any atom is 0.417 e. The van der Waals surface area contributed by atoms with Gasteiger partial charge in [0.25, 0.3) is 0 Å². The summed E-state index contributed by atoms with van der Waals surface area (Å²) < 4.78 is 64.7. The number of aliphatic carboxylic acids is 1. The molecule has 1 atom stereocenters. The number of alkyl halides is 3. The summed E-state index contributed by atoms with van der Waals surface area (Å²) in [5.41, 5.74) is -1.34. The molecule has 0 saturated heterocycles. The number of carboxylic acid groups (broad SMARTS) is 1. The van der Waals surface area contributed by atoms with Crippen LogP contribution < -0.4 is 4.72 Å². The molecule has 124 valence electrons. The summed E-state index contributed by atoms with van der Waals surface area (Å²) in [7, 11) is -4.61. The lowest BCUT2D eigenvalue weighted by Crippen LogP contribution is -2.42. The van der Waals surface area contributed by atoms with E-state index >= 15 is 0 Å². The van der Waals surface area contributed by atoms with Crippen molar-refractivity contribution in [3.63, 3.8) is 0 Å². The number of hydrogen-bond acceptors (Lipinski definition) is 3. The topological polar surface area (TPSA) is 83.5 Å². The Balaban J connectivity index is 3.22. The molecule has 0 spiro atoms. The Hall–Kier alpha value is -1.61. The summed E-state index contributed by atoms with van der Waals surface area (Å²) in [4.78, 5) is 10.1. The second-order valence-electron chi connectivity index (χ2n) is 5.14. The molecule has 9 heteroatoms. The minimum Gasteiger partial charge on any atom is -0.480 e. The van der Waals surface area contributed by atoms with E-state index in [0.29, 0.717) is 6.07 Å². The minimum absolute atomic E-state index is 0.0389. The van der Waals surface area contributed by atoms with Crippen molar-refractivity contribution in [2.45, 2.75) is 37.4 Å². The molecule has 0 aliphatic carbocycles. The van der Waals surface area contributed by atoms with Gasteiger partial charge in [-0.15, -0.1) is 0 Å². The highest BCUT2D eigenvalue weighted by molar-refractivity contribution is 7.89. The van der Waals surface area contributed by atoms with Gasteiger partial charge in [0.1, 0.15) is 6.04 Å². The first-order valence-electron chi connectivity index (χ1n) is 6.36. The third kappa shape index (κ3) is 4.70. The molecule has 0 fully saturated rings. The minimum atomic E-state index is -4.86. The number of hydrogen-bond donors (Lipinski definition) is 2. The molecular weight excluding hydrogens is 323 g/mol. The Kier molecular flexibility index (Phi) is 5.58. The van der Waals surface area contributed by atoms with Crippen LogP contribution in [0.5, 0.6) is 0 Å². The fourth-order valence-electron chi connectivity index (χ4n) is 1.86. The molecule has 0 bridgehead atoms. The highest BCUT2D eigenvalue weighted by atomic mass is 32.2. The third-order valence-corrected chi connectivity index (χ3v) is 4.31. The number of carboxylic acids is 1. The lowest BCUT2D eigenvalue weighted by Gasteiger charge is -2.18. The van der Waals surface area contributed by atoms with E-state index in [1.165, 1.54) is 0 Å². The maximum absolute atomic E-state index is 12.9.